The highest BCUT2D eigenvalue weighted by Crippen LogP contribution is 2.29. The van der Waals surface area contributed by atoms with Crippen LogP contribution in [0.15, 0.2) is 52.4 Å². The first kappa shape index (κ1) is 18.6. The number of primary sulfonamides is 1. The minimum Gasteiger partial charge on any atom is -0.493 e. The van der Waals surface area contributed by atoms with Crippen LogP contribution in [0.5, 0.6) is 11.5 Å². The van der Waals surface area contributed by atoms with Crippen molar-refractivity contribution in [2.24, 2.45) is 15.9 Å². The maximum atomic E-state index is 11.2. The maximum Gasteiger partial charge on any atom is 0.238 e. The van der Waals surface area contributed by atoms with Crippen molar-refractivity contribution in [3.05, 3.63) is 48.0 Å². The quantitative estimate of drug-likeness (QED) is 0.523. The van der Waals surface area contributed by atoms with Gasteiger partial charge in [0.05, 0.1) is 25.7 Å². The number of benzene rings is 2. The molecule has 2 aromatic carbocycles. The summed E-state index contributed by atoms with van der Waals surface area (Å²) < 4.78 is 32.8. The first-order valence-corrected chi connectivity index (χ1v) is 8.79. The van der Waals surface area contributed by atoms with Gasteiger partial charge < -0.3 is 20.5 Å². The molecule has 0 bridgehead atoms. The molecule has 2 aromatic rings. The zero-order chi connectivity index (χ0) is 18.4. The van der Waals surface area contributed by atoms with E-state index in [1.165, 1.54) is 12.1 Å². The summed E-state index contributed by atoms with van der Waals surface area (Å²) in [6.45, 7) is 0.289. The molecule has 0 spiro atoms. The van der Waals surface area contributed by atoms with Crippen LogP contribution in [0.1, 0.15) is 5.56 Å². The lowest BCUT2D eigenvalue weighted by atomic mass is 10.2. The first-order chi connectivity index (χ1) is 11.8. The van der Waals surface area contributed by atoms with Crippen LogP contribution in [0.4, 0.5) is 5.69 Å². The molecule has 8 nitrogen and oxygen atoms in total. The van der Waals surface area contributed by atoms with Crippen LogP contribution in [-0.4, -0.2) is 28.6 Å². The molecular weight excluding hydrogens is 344 g/mol. The predicted molar refractivity (Wildman–Crippen MR) is 96.3 cm³/mol. The second-order valence-electron chi connectivity index (χ2n) is 5.09. The monoisotopic (exact) mass is 364 g/mol. The van der Waals surface area contributed by atoms with Gasteiger partial charge in [-0.1, -0.05) is 12.1 Å². The summed E-state index contributed by atoms with van der Waals surface area (Å²) >= 11 is 0. The highest BCUT2D eigenvalue weighted by molar-refractivity contribution is 7.89. The fraction of sp³-hybridized carbons (Fsp3) is 0.188. The molecule has 0 saturated heterocycles. The van der Waals surface area contributed by atoms with Gasteiger partial charge in [-0.15, -0.1) is 0 Å². The van der Waals surface area contributed by atoms with E-state index >= 15 is 0 Å². The van der Waals surface area contributed by atoms with E-state index in [2.05, 4.69) is 10.3 Å². The summed E-state index contributed by atoms with van der Waals surface area (Å²) in [6, 6.07) is 11.4. The minimum atomic E-state index is -3.70. The van der Waals surface area contributed by atoms with Crippen molar-refractivity contribution < 1.29 is 17.9 Å². The molecule has 0 saturated carbocycles. The molecule has 0 aliphatic carbocycles. The van der Waals surface area contributed by atoms with Gasteiger partial charge in [-0.2, -0.15) is 0 Å². The van der Waals surface area contributed by atoms with Gasteiger partial charge >= 0.3 is 0 Å². The molecule has 0 amide bonds. The number of hydrogen-bond acceptors (Lipinski definition) is 5. The number of aliphatic imine (C=N–C) groups is 1. The minimum absolute atomic E-state index is 0.0525. The Balaban J connectivity index is 2.04. The third-order valence-electron chi connectivity index (χ3n) is 3.34. The number of anilines is 1. The van der Waals surface area contributed by atoms with Crippen molar-refractivity contribution in [2.75, 3.05) is 19.5 Å². The molecule has 0 atom stereocenters. The zero-order valence-corrected chi connectivity index (χ0v) is 14.7. The van der Waals surface area contributed by atoms with E-state index in [4.69, 9.17) is 20.3 Å². The van der Waals surface area contributed by atoms with Crippen LogP contribution in [0.25, 0.3) is 0 Å². The van der Waals surface area contributed by atoms with Crippen LogP contribution >= 0.6 is 0 Å². The van der Waals surface area contributed by atoms with Crippen LogP contribution < -0.4 is 25.7 Å². The molecule has 25 heavy (non-hydrogen) atoms. The van der Waals surface area contributed by atoms with Gasteiger partial charge in [0, 0.05) is 11.8 Å². The van der Waals surface area contributed by atoms with Gasteiger partial charge in [0.25, 0.3) is 0 Å². The Hall–Kier alpha value is -2.78. The Labute approximate surface area is 146 Å². The largest absolute Gasteiger partial charge is 0.493 e. The molecule has 0 unspecified atom stereocenters. The Bertz CT molecular complexity index is 864. The lowest BCUT2D eigenvalue weighted by Crippen LogP contribution is -2.22. The van der Waals surface area contributed by atoms with Gasteiger partial charge in [0.2, 0.25) is 10.0 Å². The summed E-state index contributed by atoms with van der Waals surface area (Å²) in [5, 5.41) is 8.00. The van der Waals surface area contributed by atoms with E-state index in [1.807, 2.05) is 0 Å². The SMILES string of the molecule is COc1ccc(NC(N)=NCc2ccc(S(N)(=O)=O)cc2)cc1OC. The smallest absolute Gasteiger partial charge is 0.238 e. The number of guanidine groups is 1. The highest BCUT2D eigenvalue weighted by atomic mass is 32.2. The second-order valence-corrected chi connectivity index (χ2v) is 6.65. The Morgan fingerprint density at radius 2 is 1.72 bits per heavy atom. The molecule has 0 aliphatic rings. The molecule has 0 aliphatic heterocycles. The van der Waals surface area contributed by atoms with Gasteiger partial charge in [-0.05, 0) is 29.8 Å². The van der Waals surface area contributed by atoms with E-state index in [0.717, 1.165) is 5.56 Å². The molecule has 0 heterocycles. The maximum absolute atomic E-state index is 11.2. The van der Waals surface area contributed by atoms with E-state index in [0.29, 0.717) is 17.2 Å². The van der Waals surface area contributed by atoms with Crippen molar-refractivity contribution in [1.82, 2.24) is 0 Å². The number of methoxy groups -OCH3 is 2. The molecule has 0 aromatic heterocycles. The number of hydrogen-bond donors (Lipinski definition) is 3. The van der Waals surface area contributed by atoms with Crippen LogP contribution in [-0.2, 0) is 16.6 Å². The predicted octanol–water partition coefficient (Wildman–Crippen LogP) is 1.28. The van der Waals surface area contributed by atoms with E-state index in [9.17, 15) is 8.42 Å². The van der Waals surface area contributed by atoms with Gasteiger partial charge in [-0.25, -0.2) is 18.5 Å². The molecule has 0 radical (unpaired) electrons. The summed E-state index contributed by atoms with van der Waals surface area (Å²) in [4.78, 5) is 4.26. The molecule has 2 rings (SSSR count). The van der Waals surface area contributed by atoms with E-state index < -0.39 is 10.0 Å². The number of sulfonamides is 1. The van der Waals surface area contributed by atoms with Gasteiger partial charge in [0.15, 0.2) is 17.5 Å². The standard InChI is InChI=1S/C16H20N4O4S/c1-23-14-8-5-12(9-15(14)24-2)20-16(17)19-10-11-3-6-13(7-4-11)25(18,21)22/h3-9H,10H2,1-2H3,(H3,17,19,20)(H2,18,21,22). The lowest BCUT2D eigenvalue weighted by Gasteiger charge is -2.11. The number of nitrogens with two attached hydrogens (primary N) is 2. The first-order valence-electron chi connectivity index (χ1n) is 7.24. The summed E-state index contributed by atoms with van der Waals surface area (Å²) in [7, 11) is -0.596. The van der Waals surface area contributed by atoms with Crippen molar-refractivity contribution in [3.63, 3.8) is 0 Å². The van der Waals surface area contributed by atoms with Crippen molar-refractivity contribution in [3.8, 4) is 11.5 Å². The molecular formula is C16H20N4O4S. The fourth-order valence-electron chi connectivity index (χ4n) is 2.06. The number of nitrogens with one attached hydrogen (secondary N) is 1. The van der Waals surface area contributed by atoms with Crippen LogP contribution in [0, 0.1) is 0 Å². The van der Waals surface area contributed by atoms with E-state index in [1.54, 1.807) is 44.6 Å². The lowest BCUT2D eigenvalue weighted by molar-refractivity contribution is 0.355. The third-order valence-corrected chi connectivity index (χ3v) is 4.27. The fourth-order valence-corrected chi connectivity index (χ4v) is 2.58. The number of rotatable bonds is 6. The highest BCUT2D eigenvalue weighted by Gasteiger charge is 2.07. The average Bonchev–Trinajstić information content (AvgIpc) is 2.59. The number of ether oxygens (including phenoxy) is 2. The Morgan fingerprint density at radius 3 is 2.28 bits per heavy atom. The Morgan fingerprint density at radius 1 is 1.08 bits per heavy atom. The topological polar surface area (TPSA) is 129 Å². The Kier molecular flexibility index (Phi) is 5.84. The summed E-state index contributed by atoms with van der Waals surface area (Å²) in [5.74, 6) is 1.39. The van der Waals surface area contributed by atoms with Crippen molar-refractivity contribution in [2.45, 2.75) is 11.4 Å². The van der Waals surface area contributed by atoms with Crippen LogP contribution in [0.2, 0.25) is 0 Å². The van der Waals surface area contributed by atoms with Crippen molar-refractivity contribution >= 4 is 21.7 Å². The second kappa shape index (κ2) is 7.86. The molecule has 9 heteroatoms. The summed E-state index contributed by atoms with van der Waals surface area (Å²) in [5.41, 5.74) is 7.36. The third kappa shape index (κ3) is 5.10. The van der Waals surface area contributed by atoms with E-state index in [-0.39, 0.29) is 17.4 Å². The zero-order valence-electron chi connectivity index (χ0n) is 13.9. The molecule has 134 valence electrons. The van der Waals surface area contributed by atoms with Crippen molar-refractivity contribution in [1.29, 1.82) is 0 Å². The normalized spacial score (nSPS) is 11.9. The van der Waals surface area contributed by atoms with Gasteiger partial charge in [-0.3, -0.25) is 0 Å². The average molecular weight is 364 g/mol. The molecule has 5 N–H and O–H groups in total. The van der Waals surface area contributed by atoms with Crippen LogP contribution in [0.3, 0.4) is 0 Å². The molecule has 0 fully saturated rings. The number of nitrogens with zero attached hydrogens (tertiary/aromatic N) is 1. The summed E-state index contributed by atoms with van der Waals surface area (Å²) in [6.07, 6.45) is 0. The van der Waals surface area contributed by atoms with Gasteiger partial charge in [0.1, 0.15) is 0 Å².